The standard InChI is InChI=1S/C21H28FN3O/c22-17-8-10-18(11-9-17)25-15-13-24(14-16-25)12-4-7-21-19-5-2-1-3-6-20(19)23-26-21/h8-11H,1-7,12-16H2. The molecule has 0 unspecified atom stereocenters. The van der Waals surface area contributed by atoms with Crippen LogP contribution in [0.1, 0.15) is 42.7 Å². The van der Waals surface area contributed by atoms with Crippen molar-refractivity contribution >= 4 is 5.69 Å². The first-order chi connectivity index (χ1) is 12.8. The van der Waals surface area contributed by atoms with E-state index in [1.807, 2.05) is 12.1 Å². The summed E-state index contributed by atoms with van der Waals surface area (Å²) < 4.78 is 18.7. The van der Waals surface area contributed by atoms with Crippen molar-refractivity contribution in [2.45, 2.75) is 44.9 Å². The third-order valence-electron chi connectivity index (χ3n) is 5.73. The Hall–Kier alpha value is -1.88. The summed E-state index contributed by atoms with van der Waals surface area (Å²) in [6.45, 7) is 5.23. The summed E-state index contributed by atoms with van der Waals surface area (Å²) in [5, 5.41) is 4.31. The van der Waals surface area contributed by atoms with Crippen LogP contribution in [0.15, 0.2) is 28.8 Å². The number of hydrogen-bond acceptors (Lipinski definition) is 4. The zero-order chi connectivity index (χ0) is 17.8. The molecule has 0 saturated carbocycles. The molecule has 1 fully saturated rings. The maximum Gasteiger partial charge on any atom is 0.140 e. The van der Waals surface area contributed by atoms with Crippen molar-refractivity contribution in [3.05, 3.63) is 47.1 Å². The predicted octanol–water partition coefficient (Wildman–Crippen LogP) is 3.84. The molecule has 2 heterocycles. The summed E-state index contributed by atoms with van der Waals surface area (Å²) in [6.07, 6.45) is 8.19. The fourth-order valence-corrected chi connectivity index (χ4v) is 4.17. The van der Waals surface area contributed by atoms with Gasteiger partial charge < -0.3 is 9.42 Å². The van der Waals surface area contributed by atoms with E-state index in [1.165, 1.54) is 30.5 Å². The fourth-order valence-electron chi connectivity index (χ4n) is 4.17. The van der Waals surface area contributed by atoms with E-state index in [-0.39, 0.29) is 5.82 Å². The maximum absolute atomic E-state index is 13.1. The molecule has 1 aromatic carbocycles. The minimum Gasteiger partial charge on any atom is -0.369 e. The molecule has 1 aromatic heterocycles. The van der Waals surface area contributed by atoms with Crippen LogP contribution in [0.3, 0.4) is 0 Å². The van der Waals surface area contributed by atoms with Gasteiger partial charge in [0.1, 0.15) is 11.6 Å². The van der Waals surface area contributed by atoms with Crippen LogP contribution >= 0.6 is 0 Å². The molecular weight excluding hydrogens is 329 g/mol. The molecule has 0 amide bonds. The fraction of sp³-hybridized carbons (Fsp3) is 0.571. The number of aromatic nitrogens is 1. The molecule has 0 radical (unpaired) electrons. The summed E-state index contributed by atoms with van der Waals surface area (Å²) in [6, 6.07) is 6.84. The van der Waals surface area contributed by atoms with Crippen LogP contribution in [0.2, 0.25) is 0 Å². The first-order valence-corrected chi connectivity index (χ1v) is 9.99. The smallest absolute Gasteiger partial charge is 0.140 e. The third kappa shape index (κ3) is 4.09. The highest BCUT2D eigenvalue weighted by molar-refractivity contribution is 5.46. The molecule has 0 N–H and O–H groups in total. The highest BCUT2D eigenvalue weighted by Gasteiger charge is 2.20. The predicted molar refractivity (Wildman–Crippen MR) is 101 cm³/mol. The maximum atomic E-state index is 13.1. The SMILES string of the molecule is Fc1ccc(N2CCN(CCCc3onc4c3CCCCC4)CC2)cc1. The first kappa shape index (κ1) is 17.5. The summed E-state index contributed by atoms with van der Waals surface area (Å²) >= 11 is 0. The molecule has 4 rings (SSSR count). The highest BCUT2D eigenvalue weighted by Crippen LogP contribution is 2.24. The molecule has 140 valence electrons. The number of nitrogens with zero attached hydrogens (tertiary/aromatic N) is 3. The largest absolute Gasteiger partial charge is 0.369 e. The number of halogens is 1. The highest BCUT2D eigenvalue weighted by atomic mass is 19.1. The molecule has 1 saturated heterocycles. The second-order valence-corrected chi connectivity index (χ2v) is 7.50. The van der Waals surface area contributed by atoms with E-state index >= 15 is 0 Å². The Morgan fingerprint density at radius 3 is 2.54 bits per heavy atom. The Balaban J connectivity index is 1.23. The van der Waals surface area contributed by atoms with Crippen molar-refractivity contribution in [1.29, 1.82) is 0 Å². The average molecular weight is 357 g/mol. The van der Waals surface area contributed by atoms with Gasteiger partial charge in [0, 0.05) is 43.9 Å². The van der Waals surface area contributed by atoms with Crippen LogP contribution in [0.5, 0.6) is 0 Å². The van der Waals surface area contributed by atoms with Crippen molar-refractivity contribution < 1.29 is 8.91 Å². The van der Waals surface area contributed by atoms with Gasteiger partial charge in [-0.25, -0.2) is 4.39 Å². The normalized spacial score (nSPS) is 18.6. The van der Waals surface area contributed by atoms with Gasteiger partial charge in [-0.3, -0.25) is 4.90 Å². The van der Waals surface area contributed by atoms with Crippen molar-refractivity contribution in [2.24, 2.45) is 0 Å². The van der Waals surface area contributed by atoms with Crippen LogP contribution in [0.4, 0.5) is 10.1 Å². The van der Waals surface area contributed by atoms with Crippen LogP contribution in [0.25, 0.3) is 0 Å². The topological polar surface area (TPSA) is 32.5 Å². The number of benzene rings is 1. The summed E-state index contributed by atoms with van der Waals surface area (Å²) in [5.74, 6) is 0.963. The summed E-state index contributed by atoms with van der Waals surface area (Å²) in [7, 11) is 0. The zero-order valence-electron chi connectivity index (χ0n) is 15.4. The Labute approximate surface area is 155 Å². The monoisotopic (exact) mass is 357 g/mol. The number of hydrogen-bond donors (Lipinski definition) is 0. The number of piperazine rings is 1. The Bertz CT molecular complexity index is 705. The lowest BCUT2D eigenvalue weighted by Gasteiger charge is -2.36. The molecule has 26 heavy (non-hydrogen) atoms. The van der Waals surface area contributed by atoms with E-state index in [9.17, 15) is 4.39 Å². The quantitative estimate of drug-likeness (QED) is 0.761. The van der Waals surface area contributed by atoms with Gasteiger partial charge >= 0.3 is 0 Å². The van der Waals surface area contributed by atoms with Gasteiger partial charge in [0.05, 0.1) is 5.69 Å². The molecule has 0 bridgehead atoms. The molecule has 5 heteroatoms. The van der Waals surface area contributed by atoms with Crippen LogP contribution in [-0.2, 0) is 19.3 Å². The van der Waals surface area contributed by atoms with E-state index in [2.05, 4.69) is 15.0 Å². The van der Waals surface area contributed by atoms with E-state index in [4.69, 9.17) is 4.52 Å². The number of rotatable bonds is 5. The van der Waals surface area contributed by atoms with Gasteiger partial charge in [-0.1, -0.05) is 11.6 Å². The van der Waals surface area contributed by atoms with Gasteiger partial charge in [-0.05, 0) is 62.9 Å². The number of anilines is 1. The van der Waals surface area contributed by atoms with E-state index in [0.717, 1.165) is 69.9 Å². The van der Waals surface area contributed by atoms with Crippen LogP contribution < -0.4 is 4.90 Å². The van der Waals surface area contributed by atoms with Crippen molar-refractivity contribution in [3.8, 4) is 0 Å². The second kappa shape index (κ2) is 8.21. The van der Waals surface area contributed by atoms with Gasteiger partial charge in [0.15, 0.2) is 0 Å². The molecule has 0 spiro atoms. The van der Waals surface area contributed by atoms with Crippen molar-refractivity contribution in [3.63, 3.8) is 0 Å². The minimum atomic E-state index is -0.169. The Morgan fingerprint density at radius 1 is 0.962 bits per heavy atom. The second-order valence-electron chi connectivity index (χ2n) is 7.50. The molecular formula is C21H28FN3O. The van der Waals surface area contributed by atoms with E-state index in [0.29, 0.717) is 0 Å². The Kier molecular flexibility index (Phi) is 5.54. The van der Waals surface area contributed by atoms with E-state index in [1.54, 1.807) is 12.1 Å². The summed E-state index contributed by atoms with van der Waals surface area (Å²) in [4.78, 5) is 4.86. The molecule has 2 aromatic rings. The van der Waals surface area contributed by atoms with Crippen molar-refractivity contribution in [2.75, 3.05) is 37.6 Å². The van der Waals surface area contributed by atoms with Crippen LogP contribution in [0, 0.1) is 5.82 Å². The molecule has 2 aliphatic rings. The number of aryl methyl sites for hydroxylation is 2. The van der Waals surface area contributed by atoms with Gasteiger partial charge in [-0.15, -0.1) is 0 Å². The minimum absolute atomic E-state index is 0.169. The molecule has 1 aliphatic heterocycles. The first-order valence-electron chi connectivity index (χ1n) is 9.99. The van der Waals surface area contributed by atoms with Gasteiger partial charge in [0.2, 0.25) is 0 Å². The lowest BCUT2D eigenvalue weighted by Crippen LogP contribution is -2.46. The van der Waals surface area contributed by atoms with Gasteiger partial charge in [0.25, 0.3) is 0 Å². The molecule has 0 atom stereocenters. The zero-order valence-corrected chi connectivity index (χ0v) is 15.4. The van der Waals surface area contributed by atoms with Crippen LogP contribution in [-0.4, -0.2) is 42.8 Å². The van der Waals surface area contributed by atoms with E-state index < -0.39 is 0 Å². The third-order valence-corrected chi connectivity index (χ3v) is 5.73. The molecule has 1 aliphatic carbocycles. The number of fused-ring (bicyclic) bond motifs is 1. The van der Waals surface area contributed by atoms with Gasteiger partial charge in [-0.2, -0.15) is 0 Å². The summed E-state index contributed by atoms with van der Waals surface area (Å²) in [5.41, 5.74) is 3.74. The van der Waals surface area contributed by atoms with Crippen molar-refractivity contribution in [1.82, 2.24) is 10.1 Å². The lowest BCUT2D eigenvalue weighted by atomic mass is 10.1. The Morgan fingerprint density at radius 2 is 1.73 bits per heavy atom. The average Bonchev–Trinajstić information content (AvgIpc) is 2.89. The molecule has 4 nitrogen and oxygen atoms in total. The lowest BCUT2D eigenvalue weighted by molar-refractivity contribution is 0.251.